The number of benzene rings is 3. The van der Waals surface area contributed by atoms with Gasteiger partial charge in [0, 0.05) is 42.5 Å². The third kappa shape index (κ3) is 8.22. The summed E-state index contributed by atoms with van der Waals surface area (Å²) < 4.78 is 11.8. The Morgan fingerprint density at radius 3 is 2.46 bits per heavy atom. The SMILES string of the molecule is COc1ccc(NC(=O)Nc2ccc3c(c2)CC(=O)N([C@@H](C)CO)C[C@@H](C)[C@@H](CN(C)Cc2ccccc2)O3)cc1. The fourth-order valence-corrected chi connectivity index (χ4v) is 4.96. The monoisotopic (exact) mass is 560 g/mol. The first kappa shape index (κ1) is 29.9. The van der Waals surface area contributed by atoms with E-state index in [0.29, 0.717) is 41.5 Å². The van der Waals surface area contributed by atoms with E-state index in [1.54, 1.807) is 48.4 Å². The third-order valence-corrected chi connectivity index (χ3v) is 7.31. The molecule has 3 aromatic rings. The number of likely N-dealkylation sites (N-methyl/N-ethyl adjacent to an activating group) is 1. The second kappa shape index (κ2) is 14.0. The number of carbonyl (C=O) groups excluding carboxylic acids is 2. The van der Waals surface area contributed by atoms with Crippen LogP contribution < -0.4 is 20.1 Å². The number of urea groups is 1. The van der Waals surface area contributed by atoms with Crippen molar-refractivity contribution in [2.75, 3.05) is 44.5 Å². The van der Waals surface area contributed by atoms with Crippen molar-refractivity contribution in [2.24, 2.45) is 5.92 Å². The summed E-state index contributed by atoms with van der Waals surface area (Å²) in [4.78, 5) is 30.1. The van der Waals surface area contributed by atoms with Gasteiger partial charge >= 0.3 is 6.03 Å². The van der Waals surface area contributed by atoms with Gasteiger partial charge in [-0.3, -0.25) is 9.69 Å². The van der Waals surface area contributed by atoms with E-state index in [-0.39, 0.29) is 37.0 Å². The van der Waals surface area contributed by atoms with E-state index in [1.165, 1.54) is 5.56 Å². The summed E-state index contributed by atoms with van der Waals surface area (Å²) >= 11 is 0. The van der Waals surface area contributed by atoms with E-state index in [9.17, 15) is 14.7 Å². The second-order valence-electron chi connectivity index (χ2n) is 10.7. The Morgan fingerprint density at radius 1 is 1.10 bits per heavy atom. The summed E-state index contributed by atoms with van der Waals surface area (Å²) in [6.07, 6.45) is -0.117. The van der Waals surface area contributed by atoms with Crippen LogP contribution in [0.4, 0.5) is 16.2 Å². The molecule has 3 amide bonds. The first-order chi connectivity index (χ1) is 19.7. The predicted octanol–water partition coefficient (Wildman–Crippen LogP) is 4.62. The van der Waals surface area contributed by atoms with Crippen molar-refractivity contribution in [3.63, 3.8) is 0 Å². The maximum absolute atomic E-state index is 13.5. The molecular formula is C32H40N4O5. The van der Waals surface area contributed by atoms with Gasteiger partial charge in [0.2, 0.25) is 5.91 Å². The maximum atomic E-state index is 13.5. The van der Waals surface area contributed by atoms with Gasteiger partial charge in [-0.15, -0.1) is 0 Å². The van der Waals surface area contributed by atoms with Crippen LogP contribution in [0.25, 0.3) is 0 Å². The minimum atomic E-state index is -0.407. The van der Waals surface area contributed by atoms with E-state index < -0.39 is 6.03 Å². The fraction of sp³-hybridized carbons (Fsp3) is 0.375. The van der Waals surface area contributed by atoms with Crippen LogP contribution in [0.1, 0.15) is 25.0 Å². The largest absolute Gasteiger partial charge is 0.497 e. The molecule has 9 heteroatoms. The van der Waals surface area contributed by atoms with Crippen molar-refractivity contribution in [1.82, 2.24) is 9.80 Å². The zero-order chi connectivity index (χ0) is 29.4. The molecule has 0 aromatic heterocycles. The molecule has 0 spiro atoms. The van der Waals surface area contributed by atoms with Crippen molar-refractivity contribution in [2.45, 2.75) is 39.0 Å². The summed E-state index contributed by atoms with van der Waals surface area (Å²) in [5.74, 6) is 1.22. The fourth-order valence-electron chi connectivity index (χ4n) is 4.96. The smallest absolute Gasteiger partial charge is 0.323 e. The van der Waals surface area contributed by atoms with Crippen molar-refractivity contribution >= 4 is 23.3 Å². The van der Waals surface area contributed by atoms with Gasteiger partial charge in [0.05, 0.1) is 26.2 Å². The average molecular weight is 561 g/mol. The van der Waals surface area contributed by atoms with Crippen molar-refractivity contribution in [1.29, 1.82) is 0 Å². The van der Waals surface area contributed by atoms with Crippen molar-refractivity contribution in [3.8, 4) is 11.5 Å². The number of fused-ring (bicyclic) bond motifs is 1. The quantitative estimate of drug-likeness (QED) is 0.353. The number of anilines is 2. The molecule has 0 fully saturated rings. The molecule has 0 aliphatic carbocycles. The number of aliphatic hydroxyl groups excluding tert-OH is 1. The lowest BCUT2D eigenvalue weighted by Crippen LogP contribution is -2.47. The lowest BCUT2D eigenvalue weighted by atomic mass is 10.0. The lowest BCUT2D eigenvalue weighted by Gasteiger charge is -2.34. The van der Waals surface area contributed by atoms with E-state index in [4.69, 9.17) is 9.47 Å². The Morgan fingerprint density at radius 2 is 1.78 bits per heavy atom. The minimum absolute atomic E-state index is 0.00481. The lowest BCUT2D eigenvalue weighted by molar-refractivity contribution is -0.134. The molecule has 1 aliphatic heterocycles. The molecule has 9 nitrogen and oxygen atoms in total. The van der Waals surface area contributed by atoms with E-state index in [2.05, 4.69) is 41.6 Å². The first-order valence-corrected chi connectivity index (χ1v) is 13.9. The molecule has 218 valence electrons. The van der Waals surface area contributed by atoms with Crippen LogP contribution in [0.3, 0.4) is 0 Å². The number of rotatable bonds is 9. The predicted molar refractivity (Wildman–Crippen MR) is 160 cm³/mol. The average Bonchev–Trinajstić information content (AvgIpc) is 3.01. The van der Waals surface area contributed by atoms with E-state index in [1.807, 2.05) is 31.2 Å². The molecule has 1 heterocycles. The number of nitrogens with zero attached hydrogens (tertiary/aromatic N) is 2. The van der Waals surface area contributed by atoms with Crippen molar-refractivity contribution < 1.29 is 24.2 Å². The standard InChI is InChI=1S/C32H40N4O5/c1-22-18-36(23(2)21-37)31(38)17-25-16-27(34-32(39)33-26-10-13-28(40-4)14-11-26)12-15-29(25)41-30(22)20-35(3)19-24-8-6-5-7-9-24/h5-16,22-23,30,37H,17-21H2,1-4H3,(H2,33,34,39)/t22-,23+,30-/m1/s1. The third-order valence-electron chi connectivity index (χ3n) is 7.31. The summed E-state index contributed by atoms with van der Waals surface area (Å²) in [5.41, 5.74) is 3.05. The highest BCUT2D eigenvalue weighted by atomic mass is 16.5. The number of ether oxygens (including phenoxy) is 2. The van der Waals surface area contributed by atoms with E-state index >= 15 is 0 Å². The molecular weight excluding hydrogens is 520 g/mol. The molecule has 1 aliphatic rings. The minimum Gasteiger partial charge on any atom is -0.497 e. The summed E-state index contributed by atoms with van der Waals surface area (Å²) in [5, 5.41) is 15.5. The molecule has 0 saturated carbocycles. The molecule has 0 radical (unpaired) electrons. The van der Waals surface area contributed by atoms with Crippen molar-refractivity contribution in [3.05, 3.63) is 83.9 Å². The number of nitrogens with one attached hydrogen (secondary N) is 2. The Kier molecular flexibility index (Phi) is 10.2. The number of carbonyl (C=O) groups is 2. The highest BCUT2D eigenvalue weighted by Crippen LogP contribution is 2.29. The summed E-state index contributed by atoms with van der Waals surface area (Å²) in [6, 6.07) is 21.9. The molecule has 3 aromatic carbocycles. The highest BCUT2D eigenvalue weighted by molar-refractivity contribution is 6.00. The molecule has 0 saturated heterocycles. The Labute approximate surface area is 242 Å². The number of hydrogen-bond donors (Lipinski definition) is 3. The van der Waals surface area contributed by atoms with E-state index in [0.717, 1.165) is 6.54 Å². The number of aliphatic hydroxyl groups is 1. The van der Waals surface area contributed by atoms with Gasteiger partial charge in [0.15, 0.2) is 0 Å². The van der Waals surface area contributed by atoms with Crippen LogP contribution in [0.15, 0.2) is 72.8 Å². The van der Waals surface area contributed by atoms with Crippen LogP contribution in [0, 0.1) is 5.92 Å². The zero-order valence-corrected chi connectivity index (χ0v) is 24.2. The summed E-state index contributed by atoms with van der Waals surface area (Å²) in [6.45, 7) is 5.68. The molecule has 3 atom stereocenters. The van der Waals surface area contributed by atoms with Crippen LogP contribution in [0.2, 0.25) is 0 Å². The summed E-state index contributed by atoms with van der Waals surface area (Å²) in [7, 11) is 3.64. The van der Waals surface area contributed by atoms with Gasteiger partial charge < -0.3 is 30.1 Å². The zero-order valence-electron chi connectivity index (χ0n) is 24.2. The van der Waals surface area contributed by atoms with Crippen LogP contribution in [-0.4, -0.2) is 72.8 Å². The number of methoxy groups -OCH3 is 1. The normalized spacial score (nSPS) is 17.9. The van der Waals surface area contributed by atoms with Crippen LogP contribution in [0.5, 0.6) is 11.5 Å². The topological polar surface area (TPSA) is 103 Å². The molecule has 3 N–H and O–H groups in total. The highest BCUT2D eigenvalue weighted by Gasteiger charge is 2.31. The van der Waals surface area contributed by atoms with Gasteiger partial charge in [0.25, 0.3) is 0 Å². The van der Waals surface area contributed by atoms with Gasteiger partial charge in [0.1, 0.15) is 17.6 Å². The number of hydrogen-bond acceptors (Lipinski definition) is 6. The Hall–Kier alpha value is -4.08. The maximum Gasteiger partial charge on any atom is 0.323 e. The molecule has 0 bridgehead atoms. The first-order valence-electron chi connectivity index (χ1n) is 13.9. The van der Waals surface area contributed by atoms with Crippen LogP contribution in [-0.2, 0) is 17.8 Å². The van der Waals surface area contributed by atoms with Gasteiger partial charge in [-0.05, 0) is 62.0 Å². The molecule has 0 unspecified atom stereocenters. The molecule has 4 rings (SSSR count). The Bertz CT molecular complexity index is 1300. The Balaban J connectivity index is 1.54. The van der Waals surface area contributed by atoms with Gasteiger partial charge in [-0.2, -0.15) is 0 Å². The second-order valence-corrected chi connectivity index (χ2v) is 10.7. The van der Waals surface area contributed by atoms with Crippen LogP contribution >= 0.6 is 0 Å². The molecule has 41 heavy (non-hydrogen) atoms. The number of amides is 3. The van der Waals surface area contributed by atoms with Gasteiger partial charge in [-0.1, -0.05) is 37.3 Å². The van der Waals surface area contributed by atoms with Gasteiger partial charge in [-0.25, -0.2) is 4.79 Å².